The van der Waals surface area contributed by atoms with E-state index in [9.17, 15) is 19.2 Å². The summed E-state index contributed by atoms with van der Waals surface area (Å²) in [6, 6.07) is 21.7. The zero-order chi connectivity index (χ0) is 31.3. The number of amides is 4. The summed E-state index contributed by atoms with van der Waals surface area (Å²) in [5.41, 5.74) is 1.05. The van der Waals surface area contributed by atoms with Gasteiger partial charge in [-0.25, -0.2) is 0 Å². The molecular weight excluding hydrogens is 564 g/mol. The first-order valence-electron chi connectivity index (χ1n) is 14.5. The normalized spacial score (nSPS) is 16.2. The van der Waals surface area contributed by atoms with Gasteiger partial charge in [0.2, 0.25) is 17.7 Å². The lowest BCUT2D eigenvalue weighted by Crippen LogP contribution is -2.51. The van der Waals surface area contributed by atoms with Gasteiger partial charge < -0.3 is 34.6 Å². The Kier molecular flexibility index (Phi) is 11.6. The molecule has 44 heavy (non-hydrogen) atoms. The number of ether oxygens (including phenoxy) is 3. The van der Waals surface area contributed by atoms with E-state index in [-0.39, 0.29) is 57.3 Å². The second-order valence-corrected chi connectivity index (χ2v) is 10.1. The summed E-state index contributed by atoms with van der Waals surface area (Å²) in [4.78, 5) is 56.9. The minimum Gasteiger partial charge on any atom is -0.497 e. The number of rotatable bonds is 9. The highest BCUT2D eigenvalue weighted by molar-refractivity contribution is 6.01. The molecule has 0 aromatic heterocycles. The van der Waals surface area contributed by atoms with Gasteiger partial charge in [-0.3, -0.25) is 19.2 Å². The van der Waals surface area contributed by atoms with Crippen LogP contribution in [0.25, 0.3) is 0 Å². The fraction of sp³-hybridized carbons (Fsp3) is 0.333. The van der Waals surface area contributed by atoms with Crippen LogP contribution < -0.4 is 24.8 Å². The van der Waals surface area contributed by atoms with Gasteiger partial charge in [0.15, 0.2) is 0 Å². The Labute approximate surface area is 257 Å². The summed E-state index contributed by atoms with van der Waals surface area (Å²) in [7, 11) is 1.57. The minimum atomic E-state index is -1.22. The fourth-order valence-electron chi connectivity index (χ4n) is 4.69. The predicted octanol–water partition coefficient (Wildman–Crippen LogP) is 2.65. The van der Waals surface area contributed by atoms with Gasteiger partial charge in [0.1, 0.15) is 43.0 Å². The van der Waals surface area contributed by atoms with Gasteiger partial charge >= 0.3 is 0 Å². The number of nitrogens with one attached hydrogen (secondary N) is 2. The maximum Gasteiger partial charge on any atom is 0.255 e. The highest BCUT2D eigenvalue weighted by atomic mass is 16.5. The van der Waals surface area contributed by atoms with Crippen LogP contribution in [0.2, 0.25) is 0 Å². The summed E-state index contributed by atoms with van der Waals surface area (Å²) >= 11 is 0. The highest BCUT2D eigenvalue weighted by Gasteiger charge is 2.30. The van der Waals surface area contributed by atoms with Crippen LogP contribution in [0.5, 0.6) is 17.2 Å². The smallest absolute Gasteiger partial charge is 0.255 e. The highest BCUT2D eigenvalue weighted by Crippen LogP contribution is 2.19. The van der Waals surface area contributed by atoms with Gasteiger partial charge in [0, 0.05) is 13.1 Å². The van der Waals surface area contributed by atoms with Gasteiger partial charge in [0.05, 0.1) is 32.2 Å². The van der Waals surface area contributed by atoms with E-state index in [0.717, 1.165) is 5.56 Å². The second kappa shape index (κ2) is 16.0. The van der Waals surface area contributed by atoms with Crippen molar-refractivity contribution in [3.63, 3.8) is 0 Å². The number of fused-ring (bicyclic) bond motifs is 1. The number of nitrogens with zero attached hydrogens (tertiary/aromatic N) is 2. The Balaban J connectivity index is 1.54. The van der Waals surface area contributed by atoms with Gasteiger partial charge in [-0.05, 0) is 48.9 Å². The van der Waals surface area contributed by atoms with Crippen molar-refractivity contribution >= 4 is 23.6 Å². The largest absolute Gasteiger partial charge is 0.497 e. The van der Waals surface area contributed by atoms with Crippen LogP contribution in [-0.4, -0.2) is 86.0 Å². The predicted molar refractivity (Wildman–Crippen MR) is 163 cm³/mol. The molecule has 3 aromatic rings. The zero-order valence-corrected chi connectivity index (χ0v) is 25.0. The summed E-state index contributed by atoms with van der Waals surface area (Å²) in [6.07, 6.45) is -0.355. The molecule has 11 heteroatoms. The fourth-order valence-corrected chi connectivity index (χ4v) is 4.69. The summed E-state index contributed by atoms with van der Waals surface area (Å²) in [6.45, 7) is 2.97. The SMILES string of the molecule is CCN1CCOc2ccccc2C(=O)N[C@H](C(=O)NCCOc2ccc(OC)cc2)CC(=O)N(Cc2ccccc2)CC1=O. The third-order valence-corrected chi connectivity index (χ3v) is 7.11. The van der Waals surface area contributed by atoms with Crippen molar-refractivity contribution in [1.82, 2.24) is 20.4 Å². The number of methoxy groups -OCH3 is 1. The molecule has 0 saturated heterocycles. The number of likely N-dealkylation sites (N-methyl/N-ethyl adjacent to an activating group) is 1. The second-order valence-electron chi connectivity index (χ2n) is 10.1. The average molecular weight is 603 g/mol. The molecule has 1 heterocycles. The molecule has 0 spiro atoms. The van der Waals surface area contributed by atoms with Crippen molar-refractivity contribution in [3.8, 4) is 17.2 Å². The molecule has 0 aliphatic carbocycles. The third-order valence-electron chi connectivity index (χ3n) is 7.11. The van der Waals surface area contributed by atoms with Crippen LogP contribution in [0.1, 0.15) is 29.3 Å². The maximum absolute atomic E-state index is 13.7. The average Bonchev–Trinajstić information content (AvgIpc) is 3.04. The molecule has 0 bridgehead atoms. The van der Waals surface area contributed by atoms with Crippen molar-refractivity contribution in [3.05, 3.63) is 90.0 Å². The van der Waals surface area contributed by atoms with Crippen LogP contribution >= 0.6 is 0 Å². The van der Waals surface area contributed by atoms with E-state index in [4.69, 9.17) is 14.2 Å². The number of para-hydroxylation sites is 1. The van der Waals surface area contributed by atoms with E-state index in [1.165, 1.54) is 4.90 Å². The molecule has 1 aliphatic heterocycles. The molecule has 3 aromatic carbocycles. The van der Waals surface area contributed by atoms with Crippen LogP contribution in [0.4, 0.5) is 0 Å². The van der Waals surface area contributed by atoms with Gasteiger partial charge in [-0.1, -0.05) is 42.5 Å². The molecule has 0 fully saturated rings. The molecule has 232 valence electrons. The quantitative estimate of drug-likeness (QED) is 0.361. The van der Waals surface area contributed by atoms with Crippen molar-refractivity contribution in [1.29, 1.82) is 0 Å². The van der Waals surface area contributed by atoms with Crippen LogP contribution in [0, 0.1) is 0 Å². The van der Waals surface area contributed by atoms with Crippen molar-refractivity contribution < 1.29 is 33.4 Å². The number of carbonyl (C=O) groups excluding carboxylic acids is 4. The lowest BCUT2D eigenvalue weighted by Gasteiger charge is -2.29. The summed E-state index contributed by atoms with van der Waals surface area (Å²) < 4.78 is 16.7. The van der Waals surface area contributed by atoms with E-state index < -0.39 is 23.8 Å². The van der Waals surface area contributed by atoms with E-state index in [2.05, 4.69) is 10.6 Å². The number of carbonyl (C=O) groups is 4. The van der Waals surface area contributed by atoms with Gasteiger partial charge in [0.25, 0.3) is 5.91 Å². The molecule has 4 amide bonds. The zero-order valence-electron chi connectivity index (χ0n) is 25.0. The Morgan fingerprint density at radius 2 is 1.64 bits per heavy atom. The van der Waals surface area contributed by atoms with Gasteiger partial charge in [-0.15, -0.1) is 0 Å². The number of hydrogen-bond donors (Lipinski definition) is 2. The molecule has 4 rings (SSSR count). The molecule has 0 unspecified atom stereocenters. The molecule has 0 saturated carbocycles. The Morgan fingerprint density at radius 1 is 0.932 bits per heavy atom. The molecule has 1 aliphatic rings. The van der Waals surface area contributed by atoms with Gasteiger partial charge in [-0.2, -0.15) is 0 Å². The standard InChI is InChI=1S/C33H38N4O7/c1-3-36-18-20-44-29-12-8-7-11-27(29)32(40)35-28(33(41)34-17-19-43-26-15-13-25(42-2)14-16-26)21-30(38)37(23-31(36)39)22-24-9-5-4-6-10-24/h4-16,28H,3,17-23H2,1-2H3,(H,34,41)(H,35,40)/t28-/m0/s1. The minimum absolute atomic E-state index is 0.128. The molecule has 0 radical (unpaired) electrons. The number of benzene rings is 3. The van der Waals surface area contributed by atoms with Crippen molar-refractivity contribution in [2.45, 2.75) is 25.9 Å². The molecule has 1 atom stereocenters. The first-order valence-corrected chi connectivity index (χ1v) is 14.5. The first kappa shape index (κ1) is 31.9. The van der Waals surface area contributed by atoms with Crippen LogP contribution in [0.15, 0.2) is 78.9 Å². The van der Waals surface area contributed by atoms with Crippen LogP contribution in [-0.2, 0) is 20.9 Å². The molecule has 11 nitrogen and oxygen atoms in total. The molecular formula is C33H38N4O7. The van der Waals surface area contributed by atoms with Crippen molar-refractivity contribution in [2.75, 3.05) is 46.5 Å². The first-order chi connectivity index (χ1) is 21.4. The van der Waals surface area contributed by atoms with E-state index >= 15 is 0 Å². The van der Waals surface area contributed by atoms with Crippen molar-refractivity contribution in [2.24, 2.45) is 0 Å². The Hall–Kier alpha value is -5.06. The summed E-state index contributed by atoms with van der Waals surface area (Å²) in [5.74, 6) is -0.205. The lowest BCUT2D eigenvalue weighted by molar-refractivity contribution is -0.142. The van der Waals surface area contributed by atoms with Crippen LogP contribution in [0.3, 0.4) is 0 Å². The Bertz CT molecular complexity index is 1420. The lowest BCUT2D eigenvalue weighted by atomic mass is 10.1. The van der Waals surface area contributed by atoms with E-state index in [1.807, 2.05) is 37.3 Å². The Morgan fingerprint density at radius 3 is 2.36 bits per heavy atom. The maximum atomic E-state index is 13.7. The third kappa shape index (κ3) is 8.97. The summed E-state index contributed by atoms with van der Waals surface area (Å²) in [5, 5.41) is 5.47. The number of hydrogen-bond acceptors (Lipinski definition) is 7. The topological polar surface area (TPSA) is 127 Å². The van der Waals surface area contributed by atoms with E-state index in [1.54, 1.807) is 60.5 Å². The van der Waals surface area contributed by atoms with E-state index in [0.29, 0.717) is 23.8 Å². The monoisotopic (exact) mass is 602 g/mol. The molecule has 2 N–H and O–H groups in total.